The minimum absolute atomic E-state index is 0.443. The number of rotatable bonds is 12. The lowest BCUT2D eigenvalue weighted by Gasteiger charge is -2.39. The van der Waals surface area contributed by atoms with Crippen molar-refractivity contribution in [2.45, 2.75) is 72.1 Å². The molecule has 5 nitrogen and oxygen atoms in total. The lowest BCUT2D eigenvalue weighted by Crippen LogP contribution is -2.54. The van der Waals surface area contributed by atoms with Gasteiger partial charge in [-0.05, 0) is 58.3 Å². The Bertz CT molecular complexity index is 292. The van der Waals surface area contributed by atoms with Crippen molar-refractivity contribution >= 4 is 35.2 Å². The van der Waals surface area contributed by atoms with Crippen molar-refractivity contribution in [3.8, 4) is 0 Å². The summed E-state index contributed by atoms with van der Waals surface area (Å²) < 4.78 is 19.0. The topological polar surface area (TPSA) is 65.7 Å². The first-order valence-corrected chi connectivity index (χ1v) is 19.7. The summed E-state index contributed by atoms with van der Waals surface area (Å²) in [5.74, 6) is 0. The summed E-state index contributed by atoms with van der Waals surface area (Å²) in [5.41, 5.74) is 5.49. The van der Waals surface area contributed by atoms with E-state index in [0.29, 0.717) is 6.54 Å². The van der Waals surface area contributed by atoms with Crippen LogP contribution in [0.15, 0.2) is 0 Å². The first kappa shape index (κ1) is 25.9. The highest BCUT2D eigenvalue weighted by atomic mass is 28.5. The minimum Gasteiger partial charge on any atom is -0.442 e. The second kappa shape index (κ2) is 12.9. The molecule has 0 fully saturated rings. The maximum Gasteiger partial charge on any atom is 0.315 e. The first-order valence-electron chi connectivity index (χ1n) is 8.99. The van der Waals surface area contributed by atoms with Crippen LogP contribution in [-0.4, -0.2) is 54.8 Å². The molecule has 0 saturated carbocycles. The monoisotopic (exact) mass is 398 g/mol. The molecule has 142 valence electrons. The molecular formula is C14H42N2O3Si4. The van der Waals surface area contributed by atoms with Crippen molar-refractivity contribution in [2.75, 3.05) is 19.6 Å². The van der Waals surface area contributed by atoms with Gasteiger partial charge in [0.05, 0.1) is 0 Å². The fourth-order valence-electron chi connectivity index (χ4n) is 2.43. The fourth-order valence-corrected chi connectivity index (χ4v) is 17.5. The Morgan fingerprint density at radius 3 is 1.96 bits per heavy atom. The molecule has 0 amide bonds. The van der Waals surface area contributed by atoms with E-state index < -0.39 is 35.2 Å². The van der Waals surface area contributed by atoms with Crippen LogP contribution in [0.25, 0.3) is 0 Å². The van der Waals surface area contributed by atoms with E-state index in [2.05, 4.69) is 51.1 Å². The van der Waals surface area contributed by atoms with E-state index in [1.54, 1.807) is 0 Å². The smallest absolute Gasteiger partial charge is 0.315 e. The Balaban J connectivity index is 0. The van der Waals surface area contributed by atoms with Gasteiger partial charge in [0.15, 0.2) is 8.32 Å². The van der Waals surface area contributed by atoms with Gasteiger partial charge in [-0.3, -0.25) is 0 Å². The van der Waals surface area contributed by atoms with Gasteiger partial charge in [0.25, 0.3) is 0 Å². The molecule has 0 aliphatic rings. The highest BCUT2D eigenvalue weighted by molar-refractivity contribution is 6.87. The molecule has 0 aromatic carbocycles. The number of nitrogens with one attached hydrogen (secondary N) is 1. The van der Waals surface area contributed by atoms with Crippen LogP contribution in [0.3, 0.4) is 0 Å². The largest absolute Gasteiger partial charge is 0.442 e. The van der Waals surface area contributed by atoms with Crippen molar-refractivity contribution in [1.29, 1.82) is 0 Å². The van der Waals surface area contributed by atoms with Gasteiger partial charge in [-0.2, -0.15) is 0 Å². The summed E-state index contributed by atoms with van der Waals surface area (Å²) >= 11 is 0. The molecule has 0 bridgehead atoms. The quantitative estimate of drug-likeness (QED) is 0.391. The van der Waals surface area contributed by atoms with Crippen LogP contribution in [-0.2, 0) is 12.3 Å². The molecule has 0 aliphatic carbocycles. The third-order valence-corrected chi connectivity index (χ3v) is 15.8. The minimum atomic E-state index is -2.17. The van der Waals surface area contributed by atoms with Gasteiger partial charge in [0.2, 0.25) is 0 Å². The van der Waals surface area contributed by atoms with Crippen LogP contribution in [0.1, 0.15) is 20.3 Å². The molecule has 1 atom stereocenters. The van der Waals surface area contributed by atoms with Gasteiger partial charge in [-0.1, -0.05) is 20.4 Å². The van der Waals surface area contributed by atoms with Crippen LogP contribution in [0, 0.1) is 0 Å². The van der Waals surface area contributed by atoms with Crippen LogP contribution >= 0.6 is 0 Å². The Morgan fingerprint density at radius 2 is 1.52 bits per heavy atom. The fraction of sp³-hybridized carbons (Fsp3) is 1.00. The third kappa shape index (κ3) is 15.9. The number of nitrogens with two attached hydrogens (primary N) is 1. The molecule has 23 heavy (non-hydrogen) atoms. The zero-order valence-electron chi connectivity index (χ0n) is 17.0. The second-order valence-electron chi connectivity index (χ2n) is 6.93. The molecule has 0 saturated heterocycles. The Morgan fingerprint density at radius 1 is 0.957 bits per heavy atom. The highest BCUT2D eigenvalue weighted by Gasteiger charge is 2.42. The van der Waals surface area contributed by atoms with E-state index in [1.807, 2.05) is 13.8 Å². The average molecular weight is 399 g/mol. The molecule has 0 radical (unpaired) electrons. The molecule has 0 rings (SSSR count). The van der Waals surface area contributed by atoms with Crippen molar-refractivity contribution in [1.82, 2.24) is 5.32 Å². The van der Waals surface area contributed by atoms with Gasteiger partial charge in [-0.15, -0.1) is 0 Å². The SMILES string of the molecule is CC.C[SiH2]O[Si](C)(C)O[Si](C)(CCCNCCN)O[Si](C)(C)C. The van der Waals surface area contributed by atoms with Gasteiger partial charge in [-0.25, -0.2) is 0 Å². The summed E-state index contributed by atoms with van der Waals surface area (Å²) in [5, 5.41) is 3.34. The standard InChI is InChI=1S/C12H36N2O3Si4.C2H6/c1-18-15-20(5,6)17-21(7,16-19(2,3)4)12-8-10-14-11-9-13;1-2/h14H,8-13,18H2,1-7H3;1-2H3. The van der Waals surface area contributed by atoms with E-state index in [9.17, 15) is 0 Å². The number of hydrogen-bond acceptors (Lipinski definition) is 5. The second-order valence-corrected chi connectivity index (χ2v) is 20.1. The summed E-state index contributed by atoms with van der Waals surface area (Å²) in [4.78, 5) is 0. The van der Waals surface area contributed by atoms with Crippen molar-refractivity contribution in [3.05, 3.63) is 0 Å². The van der Waals surface area contributed by atoms with Crippen molar-refractivity contribution in [2.24, 2.45) is 5.73 Å². The third-order valence-electron chi connectivity index (χ3n) is 2.78. The Labute approximate surface area is 150 Å². The van der Waals surface area contributed by atoms with Gasteiger partial charge in [0.1, 0.15) is 9.76 Å². The Kier molecular flexibility index (Phi) is 14.6. The predicted octanol–water partition coefficient (Wildman–Crippen LogP) is 2.74. The van der Waals surface area contributed by atoms with E-state index in [1.165, 1.54) is 0 Å². The number of hydrogen-bond donors (Lipinski definition) is 2. The predicted molar refractivity (Wildman–Crippen MR) is 113 cm³/mol. The summed E-state index contributed by atoms with van der Waals surface area (Å²) in [6.45, 7) is 21.9. The molecule has 3 N–H and O–H groups in total. The molecule has 0 heterocycles. The molecule has 9 heteroatoms. The maximum atomic E-state index is 6.50. The zero-order chi connectivity index (χ0) is 18.6. The van der Waals surface area contributed by atoms with Crippen LogP contribution in [0.5, 0.6) is 0 Å². The first-order chi connectivity index (χ1) is 10.5. The zero-order valence-corrected chi connectivity index (χ0v) is 21.5. The van der Waals surface area contributed by atoms with Crippen LogP contribution < -0.4 is 11.1 Å². The summed E-state index contributed by atoms with van der Waals surface area (Å²) in [6, 6.07) is 1.01. The van der Waals surface area contributed by atoms with E-state index in [0.717, 1.165) is 25.6 Å². The van der Waals surface area contributed by atoms with Gasteiger partial charge >= 0.3 is 17.1 Å². The average Bonchev–Trinajstić information content (AvgIpc) is 2.37. The van der Waals surface area contributed by atoms with E-state index >= 15 is 0 Å². The summed E-state index contributed by atoms with van der Waals surface area (Å²) in [6.07, 6.45) is 1.07. The molecule has 0 aromatic rings. The highest BCUT2D eigenvalue weighted by Crippen LogP contribution is 2.25. The van der Waals surface area contributed by atoms with Crippen molar-refractivity contribution < 1.29 is 12.3 Å². The maximum absolute atomic E-state index is 6.50. The molecule has 1 unspecified atom stereocenters. The summed E-state index contributed by atoms with van der Waals surface area (Å²) in [7, 11) is -6.26. The van der Waals surface area contributed by atoms with Crippen LogP contribution in [0.2, 0.25) is 51.9 Å². The molecular weight excluding hydrogens is 357 g/mol. The lowest BCUT2D eigenvalue weighted by atomic mass is 10.5. The van der Waals surface area contributed by atoms with Gasteiger partial charge < -0.3 is 23.4 Å². The van der Waals surface area contributed by atoms with E-state index in [4.69, 9.17) is 18.1 Å². The van der Waals surface area contributed by atoms with Gasteiger partial charge in [0, 0.05) is 13.1 Å². The molecule has 0 aromatic heterocycles. The van der Waals surface area contributed by atoms with Crippen molar-refractivity contribution in [3.63, 3.8) is 0 Å². The van der Waals surface area contributed by atoms with Crippen LogP contribution in [0.4, 0.5) is 0 Å². The van der Waals surface area contributed by atoms with E-state index in [-0.39, 0.29) is 0 Å². The normalized spacial score (nSPS) is 15.4. The Hall–Kier alpha value is 0.668. The molecule has 0 aliphatic heterocycles. The lowest BCUT2D eigenvalue weighted by molar-refractivity contribution is 0.329. The molecule has 0 spiro atoms.